The van der Waals surface area contributed by atoms with Crippen molar-refractivity contribution >= 4 is 12.4 Å². The Kier molecular flexibility index (Phi) is 7.19. The summed E-state index contributed by atoms with van der Waals surface area (Å²) in [5.41, 5.74) is 2.19. The number of ether oxygens (including phenoxy) is 1. The van der Waals surface area contributed by atoms with Gasteiger partial charge in [0.05, 0.1) is 0 Å². The molecule has 6 nitrogen and oxygen atoms in total. The van der Waals surface area contributed by atoms with Crippen LogP contribution in [0.1, 0.15) is 28.9 Å². The predicted molar refractivity (Wildman–Crippen MR) is 109 cm³/mol. The molecule has 1 aliphatic heterocycles. The maximum Gasteiger partial charge on any atom is 0.223 e. The monoisotopic (exact) mass is 418 g/mol. The van der Waals surface area contributed by atoms with E-state index in [1.807, 2.05) is 18.2 Å². The van der Waals surface area contributed by atoms with Gasteiger partial charge in [-0.1, -0.05) is 29.4 Å². The first kappa shape index (κ1) is 21.2. The lowest BCUT2D eigenvalue weighted by molar-refractivity contribution is 0.153. The third-order valence-electron chi connectivity index (χ3n) is 4.83. The summed E-state index contributed by atoms with van der Waals surface area (Å²) in [4.78, 5) is 6.50. The number of piperazine rings is 1. The van der Waals surface area contributed by atoms with Gasteiger partial charge < -0.3 is 14.6 Å². The predicted octanol–water partition coefficient (Wildman–Crippen LogP) is 3.66. The number of aryl methyl sites for hydroxylation is 1. The van der Waals surface area contributed by atoms with E-state index in [2.05, 4.69) is 32.5 Å². The van der Waals surface area contributed by atoms with Crippen LogP contribution in [0.3, 0.4) is 0 Å². The van der Waals surface area contributed by atoms with E-state index >= 15 is 0 Å². The largest absolute Gasteiger partial charge is 0.485 e. The van der Waals surface area contributed by atoms with Crippen molar-refractivity contribution in [2.45, 2.75) is 26.1 Å². The number of halogens is 2. The fourth-order valence-electron chi connectivity index (χ4n) is 3.45. The lowest BCUT2D eigenvalue weighted by Crippen LogP contribution is -2.45. The Balaban J connectivity index is 0.00000240. The second kappa shape index (κ2) is 9.82. The van der Waals surface area contributed by atoms with Crippen LogP contribution in [-0.2, 0) is 13.2 Å². The highest BCUT2D eigenvalue weighted by atomic mass is 35.5. The second-order valence-electron chi connectivity index (χ2n) is 6.91. The Hall–Kier alpha value is -2.48. The Morgan fingerprint density at radius 2 is 2.07 bits per heavy atom. The van der Waals surface area contributed by atoms with E-state index in [9.17, 15) is 4.39 Å². The lowest BCUT2D eigenvalue weighted by atomic mass is 10.0. The Morgan fingerprint density at radius 1 is 1.24 bits per heavy atom. The van der Waals surface area contributed by atoms with Crippen LogP contribution in [0.4, 0.5) is 4.39 Å². The molecule has 0 bridgehead atoms. The first-order valence-corrected chi connectivity index (χ1v) is 9.38. The molecule has 1 atom stereocenters. The summed E-state index contributed by atoms with van der Waals surface area (Å²) in [7, 11) is 0. The molecule has 154 valence electrons. The molecule has 1 aliphatic rings. The third-order valence-corrected chi connectivity index (χ3v) is 4.83. The van der Waals surface area contributed by atoms with Crippen LogP contribution >= 0.6 is 12.4 Å². The summed E-state index contributed by atoms with van der Waals surface area (Å²) >= 11 is 0. The van der Waals surface area contributed by atoms with Crippen LogP contribution in [0, 0.1) is 12.7 Å². The number of hydrogen-bond acceptors (Lipinski definition) is 6. The summed E-state index contributed by atoms with van der Waals surface area (Å²) in [5, 5.41) is 7.23. The summed E-state index contributed by atoms with van der Waals surface area (Å²) in [5.74, 6) is 1.62. The van der Waals surface area contributed by atoms with Crippen LogP contribution in [-0.4, -0.2) is 34.7 Å². The smallest absolute Gasteiger partial charge is 0.223 e. The Bertz CT molecular complexity index is 919. The number of nitrogens with one attached hydrogen (secondary N) is 1. The van der Waals surface area contributed by atoms with Crippen molar-refractivity contribution in [2.24, 2.45) is 0 Å². The Morgan fingerprint density at radius 3 is 2.79 bits per heavy atom. The van der Waals surface area contributed by atoms with Gasteiger partial charge >= 0.3 is 0 Å². The van der Waals surface area contributed by atoms with Gasteiger partial charge in [0.1, 0.15) is 11.6 Å². The van der Waals surface area contributed by atoms with Crippen LogP contribution in [0.25, 0.3) is 0 Å². The molecule has 0 aliphatic carbocycles. The van der Waals surface area contributed by atoms with Crippen LogP contribution in [0.2, 0.25) is 0 Å². The van der Waals surface area contributed by atoms with E-state index in [0.29, 0.717) is 11.7 Å². The van der Waals surface area contributed by atoms with Gasteiger partial charge in [-0.15, -0.1) is 12.4 Å². The van der Waals surface area contributed by atoms with Crippen molar-refractivity contribution in [3.05, 3.63) is 77.2 Å². The highest BCUT2D eigenvalue weighted by Crippen LogP contribution is 2.25. The van der Waals surface area contributed by atoms with Gasteiger partial charge in [-0.3, -0.25) is 4.90 Å². The van der Waals surface area contributed by atoms with Crippen LogP contribution in [0.15, 0.2) is 53.1 Å². The minimum Gasteiger partial charge on any atom is -0.485 e. The van der Waals surface area contributed by atoms with Gasteiger partial charge in [0, 0.05) is 39.1 Å². The minimum atomic E-state index is -0.193. The van der Waals surface area contributed by atoms with Gasteiger partial charge in [0.15, 0.2) is 6.61 Å². The number of aromatic nitrogens is 2. The zero-order valence-electron chi connectivity index (χ0n) is 16.2. The molecular formula is C21H24ClFN4O2. The van der Waals surface area contributed by atoms with E-state index < -0.39 is 0 Å². The quantitative estimate of drug-likeness (QED) is 0.659. The normalized spacial score (nSPS) is 17.0. The van der Waals surface area contributed by atoms with Gasteiger partial charge in [-0.25, -0.2) is 4.39 Å². The number of benzene rings is 2. The van der Waals surface area contributed by atoms with E-state index in [4.69, 9.17) is 9.26 Å². The van der Waals surface area contributed by atoms with Gasteiger partial charge in [-0.2, -0.15) is 4.98 Å². The van der Waals surface area contributed by atoms with Crippen LogP contribution in [0.5, 0.6) is 5.75 Å². The molecule has 1 fully saturated rings. The first-order chi connectivity index (χ1) is 13.7. The van der Waals surface area contributed by atoms with E-state index in [0.717, 1.165) is 37.5 Å². The molecule has 1 aromatic heterocycles. The topological polar surface area (TPSA) is 63.4 Å². The minimum absolute atomic E-state index is 0. The molecule has 2 aromatic carbocycles. The maximum atomic E-state index is 13.6. The maximum absolute atomic E-state index is 13.6. The molecule has 3 aromatic rings. The average Bonchev–Trinajstić information content (AvgIpc) is 3.13. The molecule has 29 heavy (non-hydrogen) atoms. The Labute approximate surface area is 175 Å². The standard InChI is InChI=1S/C21H23FN4O2.ClH/c1-15-24-21(25-28-15)14-27-19-7-5-16(6-8-19)13-26-10-9-23-12-20(26)17-3-2-4-18(22)11-17;/h2-8,11,20,23H,9-10,12-14H2,1H3;1H. The molecule has 8 heteroatoms. The van der Waals surface area contributed by atoms with Crippen molar-refractivity contribution in [1.29, 1.82) is 0 Å². The fraction of sp³-hybridized carbons (Fsp3) is 0.333. The van der Waals surface area contributed by atoms with Crippen molar-refractivity contribution in [3.8, 4) is 5.75 Å². The molecule has 0 amide bonds. The van der Waals surface area contributed by atoms with E-state index in [1.165, 1.54) is 11.6 Å². The summed E-state index contributed by atoms with van der Waals surface area (Å²) in [6.45, 7) is 5.48. The molecule has 0 spiro atoms. The highest BCUT2D eigenvalue weighted by molar-refractivity contribution is 5.85. The SMILES string of the molecule is Cc1nc(COc2ccc(CN3CCNCC3c3cccc(F)c3)cc2)no1.Cl. The molecule has 1 N–H and O–H groups in total. The molecule has 0 radical (unpaired) electrons. The zero-order valence-corrected chi connectivity index (χ0v) is 17.0. The average molecular weight is 419 g/mol. The van der Waals surface area contributed by atoms with Crippen LogP contribution < -0.4 is 10.1 Å². The molecular weight excluding hydrogens is 395 g/mol. The van der Waals surface area contributed by atoms with Gasteiger partial charge in [0.25, 0.3) is 0 Å². The van der Waals surface area contributed by atoms with Gasteiger partial charge in [-0.05, 0) is 35.4 Å². The molecule has 2 heterocycles. The third kappa shape index (κ3) is 5.53. The van der Waals surface area contributed by atoms with Gasteiger partial charge in [0.2, 0.25) is 11.7 Å². The van der Waals surface area contributed by atoms with E-state index in [1.54, 1.807) is 19.1 Å². The fourth-order valence-corrected chi connectivity index (χ4v) is 3.45. The summed E-state index contributed by atoms with van der Waals surface area (Å²) in [6, 6.07) is 15.0. The van der Waals surface area contributed by atoms with E-state index in [-0.39, 0.29) is 30.9 Å². The first-order valence-electron chi connectivity index (χ1n) is 9.38. The molecule has 4 rings (SSSR count). The number of nitrogens with zero attached hydrogens (tertiary/aromatic N) is 3. The summed E-state index contributed by atoms with van der Waals surface area (Å²) in [6.07, 6.45) is 0. The molecule has 1 saturated heterocycles. The zero-order chi connectivity index (χ0) is 19.3. The lowest BCUT2D eigenvalue weighted by Gasteiger charge is -2.36. The number of hydrogen-bond donors (Lipinski definition) is 1. The molecule has 0 saturated carbocycles. The molecule has 1 unspecified atom stereocenters. The van der Waals surface area contributed by atoms with Crippen molar-refractivity contribution in [2.75, 3.05) is 19.6 Å². The van der Waals surface area contributed by atoms with Crippen molar-refractivity contribution < 1.29 is 13.7 Å². The number of rotatable bonds is 6. The second-order valence-corrected chi connectivity index (χ2v) is 6.91. The van der Waals surface area contributed by atoms with Crippen molar-refractivity contribution in [1.82, 2.24) is 20.4 Å². The van der Waals surface area contributed by atoms with Crippen molar-refractivity contribution in [3.63, 3.8) is 0 Å². The summed E-state index contributed by atoms with van der Waals surface area (Å²) < 4.78 is 24.3. The highest BCUT2D eigenvalue weighted by Gasteiger charge is 2.24.